The van der Waals surface area contributed by atoms with Crippen molar-refractivity contribution in [3.05, 3.63) is 102 Å². The van der Waals surface area contributed by atoms with Gasteiger partial charge in [0.25, 0.3) is 0 Å². The Labute approximate surface area is 247 Å². The first-order valence-electron chi connectivity index (χ1n) is 13.9. The lowest BCUT2D eigenvalue weighted by Gasteiger charge is -2.31. The minimum atomic E-state index is -0.745. The van der Waals surface area contributed by atoms with E-state index in [9.17, 15) is 14.3 Å². The van der Waals surface area contributed by atoms with Gasteiger partial charge in [-0.3, -0.25) is 9.69 Å². The van der Waals surface area contributed by atoms with Crippen LogP contribution in [-0.2, 0) is 16.0 Å². The SMILES string of the molecule is COc1cc(C(O)N2CCOCC2)ccc1Nc1nc2ccc(-c3ccc(NC(=O)Cc4ccc(F)cc4)cc3)cn2n1. The molecular weight excluding hydrogens is 551 g/mol. The number of hydrogen-bond donors (Lipinski definition) is 3. The molecule has 1 atom stereocenters. The Morgan fingerprint density at radius 2 is 1.77 bits per heavy atom. The lowest BCUT2D eigenvalue weighted by Crippen LogP contribution is -2.39. The predicted molar refractivity (Wildman–Crippen MR) is 161 cm³/mol. The fraction of sp³-hybridized carbons (Fsp3) is 0.219. The van der Waals surface area contributed by atoms with E-state index in [0.717, 1.165) is 22.3 Å². The number of nitrogens with one attached hydrogen (secondary N) is 2. The fourth-order valence-electron chi connectivity index (χ4n) is 4.97. The number of pyridine rings is 1. The predicted octanol–water partition coefficient (Wildman–Crippen LogP) is 4.79. The Hall–Kier alpha value is -4.84. The van der Waals surface area contributed by atoms with Crippen molar-refractivity contribution in [2.45, 2.75) is 12.6 Å². The summed E-state index contributed by atoms with van der Waals surface area (Å²) in [6.07, 6.45) is 1.30. The summed E-state index contributed by atoms with van der Waals surface area (Å²) in [5, 5.41) is 21.5. The normalized spacial score (nSPS) is 14.4. The van der Waals surface area contributed by atoms with E-state index in [4.69, 9.17) is 9.47 Å². The summed E-state index contributed by atoms with van der Waals surface area (Å²) in [4.78, 5) is 18.9. The number of hydrogen-bond acceptors (Lipinski definition) is 8. The lowest BCUT2D eigenvalue weighted by atomic mass is 10.1. The number of methoxy groups -OCH3 is 1. The minimum Gasteiger partial charge on any atom is -0.495 e. The van der Waals surface area contributed by atoms with Crippen molar-refractivity contribution in [1.29, 1.82) is 0 Å². The number of fused-ring (bicyclic) bond motifs is 1. The van der Waals surface area contributed by atoms with Crippen LogP contribution in [0.25, 0.3) is 16.8 Å². The van der Waals surface area contributed by atoms with Gasteiger partial charge in [-0.2, -0.15) is 4.98 Å². The molecule has 10 nitrogen and oxygen atoms in total. The van der Waals surface area contributed by atoms with Crippen LogP contribution in [0, 0.1) is 5.82 Å². The molecule has 1 amide bonds. The second-order valence-corrected chi connectivity index (χ2v) is 10.2. The first-order chi connectivity index (χ1) is 20.9. The largest absolute Gasteiger partial charge is 0.495 e. The third-order valence-corrected chi connectivity index (χ3v) is 7.27. The first kappa shape index (κ1) is 28.3. The number of anilines is 3. The molecule has 11 heteroatoms. The molecule has 3 aromatic carbocycles. The van der Waals surface area contributed by atoms with Gasteiger partial charge in [-0.15, -0.1) is 5.10 Å². The zero-order valence-corrected chi connectivity index (χ0v) is 23.5. The van der Waals surface area contributed by atoms with Gasteiger partial charge in [0.15, 0.2) is 5.65 Å². The third-order valence-electron chi connectivity index (χ3n) is 7.27. The summed E-state index contributed by atoms with van der Waals surface area (Å²) in [7, 11) is 1.58. The van der Waals surface area contributed by atoms with Gasteiger partial charge in [-0.1, -0.05) is 30.3 Å². The summed E-state index contributed by atoms with van der Waals surface area (Å²) in [5.74, 6) is 0.455. The number of amides is 1. The number of halogens is 1. The molecule has 0 bridgehead atoms. The first-order valence-corrected chi connectivity index (χ1v) is 13.9. The van der Waals surface area contributed by atoms with E-state index >= 15 is 0 Å². The number of carbonyl (C=O) groups excluding carboxylic acids is 1. The molecule has 0 spiro atoms. The van der Waals surface area contributed by atoms with E-state index in [0.29, 0.717) is 55.0 Å². The number of rotatable bonds is 9. The zero-order valence-electron chi connectivity index (χ0n) is 23.5. The average Bonchev–Trinajstić information content (AvgIpc) is 3.44. The highest BCUT2D eigenvalue weighted by Crippen LogP contribution is 2.31. The molecule has 0 saturated carbocycles. The van der Waals surface area contributed by atoms with E-state index < -0.39 is 6.23 Å². The molecule has 1 unspecified atom stereocenters. The number of carbonyl (C=O) groups is 1. The van der Waals surface area contributed by atoms with Gasteiger partial charge >= 0.3 is 0 Å². The molecule has 5 aromatic rings. The second kappa shape index (κ2) is 12.6. The minimum absolute atomic E-state index is 0.160. The highest BCUT2D eigenvalue weighted by Gasteiger charge is 2.21. The van der Waals surface area contributed by atoms with Crippen LogP contribution in [0.2, 0.25) is 0 Å². The number of morpholine rings is 1. The standard InChI is InChI=1S/C32H31FN6O4/c1-42-28-19-23(31(41)38-14-16-43-17-15-38)6-12-27(28)35-32-36-29-13-7-24(20-39(29)37-32)22-4-10-26(11-5-22)34-30(40)18-21-2-8-25(33)9-3-21/h2-13,19-20,31,41H,14-18H2,1H3,(H,34,40)(H,35,37). The second-order valence-electron chi connectivity index (χ2n) is 10.2. The summed E-state index contributed by atoms with van der Waals surface area (Å²) in [6.45, 7) is 2.52. The number of aromatic nitrogens is 3. The lowest BCUT2D eigenvalue weighted by molar-refractivity contribution is -0.115. The molecule has 1 aliphatic rings. The molecule has 1 aliphatic heterocycles. The van der Waals surface area contributed by atoms with E-state index in [1.165, 1.54) is 12.1 Å². The molecular formula is C32H31FN6O4. The van der Waals surface area contributed by atoms with Crippen LogP contribution in [-0.4, -0.2) is 63.9 Å². The Bertz CT molecular complexity index is 1720. The number of ether oxygens (including phenoxy) is 2. The van der Waals surface area contributed by atoms with Crippen molar-refractivity contribution in [2.24, 2.45) is 0 Å². The quantitative estimate of drug-likeness (QED) is 0.227. The highest BCUT2D eigenvalue weighted by molar-refractivity contribution is 5.92. The third kappa shape index (κ3) is 6.64. The molecule has 1 saturated heterocycles. The topological polar surface area (TPSA) is 113 Å². The van der Waals surface area contributed by atoms with Crippen molar-refractivity contribution in [2.75, 3.05) is 44.0 Å². The maximum absolute atomic E-state index is 13.1. The van der Waals surface area contributed by atoms with Gasteiger partial charge in [0.05, 0.1) is 32.4 Å². The molecule has 0 aliphatic carbocycles. The van der Waals surface area contributed by atoms with Gasteiger partial charge in [0.2, 0.25) is 11.9 Å². The molecule has 3 N–H and O–H groups in total. The van der Waals surface area contributed by atoms with Crippen molar-refractivity contribution >= 4 is 28.9 Å². The molecule has 0 radical (unpaired) electrons. The summed E-state index contributed by atoms with van der Waals surface area (Å²) in [5.41, 5.74) is 5.34. The average molecular weight is 583 g/mol. The van der Waals surface area contributed by atoms with Crippen LogP contribution in [0.5, 0.6) is 5.75 Å². The molecule has 6 rings (SSSR count). The van der Waals surface area contributed by atoms with Crippen molar-refractivity contribution in [3.63, 3.8) is 0 Å². The van der Waals surface area contributed by atoms with Crippen LogP contribution in [0.4, 0.5) is 21.7 Å². The Morgan fingerprint density at radius 3 is 2.51 bits per heavy atom. The molecule has 220 valence electrons. The van der Waals surface area contributed by atoms with Gasteiger partial charge in [-0.25, -0.2) is 8.91 Å². The number of benzene rings is 3. The van der Waals surface area contributed by atoms with E-state index in [2.05, 4.69) is 20.7 Å². The van der Waals surface area contributed by atoms with Gasteiger partial charge in [-0.05, 0) is 65.2 Å². The van der Waals surface area contributed by atoms with Crippen LogP contribution in [0.3, 0.4) is 0 Å². The Kier molecular flexibility index (Phi) is 8.27. The molecule has 3 heterocycles. The molecule has 1 fully saturated rings. The van der Waals surface area contributed by atoms with Crippen molar-refractivity contribution in [1.82, 2.24) is 19.5 Å². The highest BCUT2D eigenvalue weighted by atomic mass is 19.1. The van der Waals surface area contributed by atoms with E-state index in [-0.39, 0.29) is 18.1 Å². The van der Waals surface area contributed by atoms with Crippen LogP contribution >= 0.6 is 0 Å². The van der Waals surface area contributed by atoms with Crippen LogP contribution < -0.4 is 15.4 Å². The maximum Gasteiger partial charge on any atom is 0.247 e. The van der Waals surface area contributed by atoms with Gasteiger partial charge in [0.1, 0.15) is 17.8 Å². The summed E-state index contributed by atoms with van der Waals surface area (Å²) in [6, 6.07) is 22.7. The fourth-order valence-corrected chi connectivity index (χ4v) is 4.97. The van der Waals surface area contributed by atoms with Crippen molar-refractivity contribution < 1.29 is 23.8 Å². The number of nitrogens with zero attached hydrogens (tertiary/aromatic N) is 4. The number of aliphatic hydroxyl groups is 1. The van der Waals surface area contributed by atoms with Gasteiger partial charge < -0.3 is 25.2 Å². The summed E-state index contributed by atoms with van der Waals surface area (Å²) >= 11 is 0. The maximum atomic E-state index is 13.1. The van der Waals surface area contributed by atoms with Crippen LogP contribution in [0.15, 0.2) is 85.1 Å². The Balaban J connectivity index is 1.12. The van der Waals surface area contributed by atoms with Crippen LogP contribution in [0.1, 0.15) is 17.4 Å². The summed E-state index contributed by atoms with van der Waals surface area (Å²) < 4.78 is 25.8. The van der Waals surface area contributed by atoms with E-state index in [1.54, 1.807) is 23.8 Å². The van der Waals surface area contributed by atoms with Crippen molar-refractivity contribution in [3.8, 4) is 16.9 Å². The molecule has 2 aromatic heterocycles. The van der Waals surface area contributed by atoms with Gasteiger partial charge in [0, 0.05) is 30.5 Å². The smallest absolute Gasteiger partial charge is 0.247 e. The number of aliphatic hydroxyl groups excluding tert-OH is 1. The van der Waals surface area contributed by atoms with E-state index in [1.807, 2.05) is 65.7 Å². The molecule has 43 heavy (non-hydrogen) atoms. The monoisotopic (exact) mass is 582 g/mol. The zero-order chi connectivity index (χ0) is 29.8. The Morgan fingerprint density at radius 1 is 1.02 bits per heavy atom.